The Hall–Kier alpha value is -2.69. The summed E-state index contributed by atoms with van der Waals surface area (Å²) < 4.78 is 0. The van der Waals surface area contributed by atoms with E-state index in [-0.39, 0.29) is 0 Å². The molecule has 0 aliphatic carbocycles. The van der Waals surface area contributed by atoms with E-state index in [9.17, 15) is 0 Å². The van der Waals surface area contributed by atoms with Crippen molar-refractivity contribution in [1.29, 1.82) is 0 Å². The minimum absolute atomic E-state index is 1.44. The number of allylic oxidation sites excluding steroid dienone is 11. The molecule has 0 spiro atoms. The van der Waals surface area contributed by atoms with Crippen LogP contribution in [0.2, 0.25) is 0 Å². The first kappa shape index (κ1) is 13.4. The quantitative estimate of drug-likeness (QED) is 0.709. The first-order valence-electron chi connectivity index (χ1n) is 5.32. The maximum Gasteiger partial charge on any atom is 0.121 e. The summed E-state index contributed by atoms with van der Waals surface area (Å²) in [4.78, 5) is 4.80. The van der Waals surface area contributed by atoms with Crippen LogP contribution in [0.4, 0.5) is 0 Å². The number of hydrogen-bond donors (Lipinski definition) is 1. The molecule has 92 valence electrons. The fourth-order valence-electron chi connectivity index (χ4n) is 0.878. The Balaban J connectivity index is 2.58. The van der Waals surface area contributed by atoms with Gasteiger partial charge >= 0.3 is 0 Å². The lowest BCUT2D eigenvalue weighted by atomic mass is 10.3. The van der Waals surface area contributed by atoms with Crippen LogP contribution in [0.5, 0.6) is 0 Å². The first-order chi connectivity index (χ1) is 9.00. The van der Waals surface area contributed by atoms with E-state index in [0.29, 0.717) is 0 Å². The molecule has 1 aliphatic heterocycles. The van der Waals surface area contributed by atoms with Crippen LogP contribution in [0.3, 0.4) is 0 Å². The van der Waals surface area contributed by atoms with Crippen LogP contribution in [0, 0.1) is 0 Å². The highest BCUT2D eigenvalue weighted by atomic mass is 16.7. The molecule has 0 aromatic carbocycles. The molecule has 18 heavy (non-hydrogen) atoms. The molecule has 0 aromatic heterocycles. The molecular formula is C13H14N4O. The largest absolute Gasteiger partial charge is 0.372 e. The Morgan fingerprint density at radius 1 is 0.667 bits per heavy atom. The Morgan fingerprint density at radius 3 is 1.89 bits per heavy atom. The average molecular weight is 242 g/mol. The zero-order chi connectivity index (χ0) is 12.7. The van der Waals surface area contributed by atoms with Gasteiger partial charge in [-0.3, -0.25) is 0 Å². The van der Waals surface area contributed by atoms with Gasteiger partial charge in [-0.25, -0.2) is 0 Å². The molecule has 5 heteroatoms. The second kappa shape index (κ2) is 10.8. The van der Waals surface area contributed by atoms with Crippen LogP contribution in [-0.4, -0.2) is 6.21 Å². The van der Waals surface area contributed by atoms with Crippen LogP contribution < -0.4 is 5.59 Å². The summed E-state index contributed by atoms with van der Waals surface area (Å²) in [7, 11) is 0. The summed E-state index contributed by atoms with van der Waals surface area (Å²) in [6, 6.07) is 0. The summed E-state index contributed by atoms with van der Waals surface area (Å²) >= 11 is 0. The number of hydrogen-bond acceptors (Lipinski definition) is 5. The zero-order valence-corrected chi connectivity index (χ0v) is 9.76. The SMILES string of the molecule is C1=C/C=C\C=C/ON/N=N/N=C\C=C\C=C\C=C1. The van der Waals surface area contributed by atoms with Gasteiger partial charge in [0.2, 0.25) is 0 Å². The molecule has 1 aliphatic rings. The van der Waals surface area contributed by atoms with Crippen molar-refractivity contribution in [3.05, 3.63) is 73.1 Å². The minimum Gasteiger partial charge on any atom is -0.372 e. The van der Waals surface area contributed by atoms with Crippen molar-refractivity contribution in [2.24, 2.45) is 15.5 Å². The van der Waals surface area contributed by atoms with Gasteiger partial charge < -0.3 is 4.84 Å². The van der Waals surface area contributed by atoms with Gasteiger partial charge in [0.15, 0.2) is 0 Å². The molecule has 0 fully saturated rings. The molecule has 0 unspecified atom stereocenters. The number of nitrogens with zero attached hydrogens (tertiary/aromatic N) is 3. The van der Waals surface area contributed by atoms with Crippen LogP contribution >= 0.6 is 0 Å². The minimum atomic E-state index is 1.44. The second-order valence-electron chi connectivity index (χ2n) is 2.92. The third kappa shape index (κ3) is 8.60. The second-order valence-corrected chi connectivity index (χ2v) is 2.92. The molecule has 1 N–H and O–H groups in total. The number of nitrogens with one attached hydrogen (secondary N) is 1. The van der Waals surface area contributed by atoms with Crippen LogP contribution in [0.1, 0.15) is 0 Å². The molecule has 0 aromatic rings. The highest BCUT2D eigenvalue weighted by molar-refractivity contribution is 5.71. The monoisotopic (exact) mass is 242 g/mol. The highest BCUT2D eigenvalue weighted by Crippen LogP contribution is 1.85. The van der Waals surface area contributed by atoms with Crippen LogP contribution in [0.15, 0.2) is 88.6 Å². The third-order valence-electron chi connectivity index (χ3n) is 1.60. The highest BCUT2D eigenvalue weighted by Gasteiger charge is 1.71. The predicted octanol–water partition coefficient (Wildman–Crippen LogP) is 3.17. The van der Waals surface area contributed by atoms with Crippen molar-refractivity contribution >= 4 is 6.21 Å². The predicted molar refractivity (Wildman–Crippen MR) is 72.4 cm³/mol. The molecule has 1 rings (SSSR count). The fourth-order valence-corrected chi connectivity index (χ4v) is 0.878. The molecule has 1 heterocycles. The van der Waals surface area contributed by atoms with Crippen molar-refractivity contribution in [3.63, 3.8) is 0 Å². The Kier molecular flexibility index (Phi) is 8.04. The Morgan fingerprint density at radius 2 is 1.22 bits per heavy atom. The average Bonchev–Trinajstić information content (AvgIpc) is 2.39. The van der Waals surface area contributed by atoms with Crippen LogP contribution in [-0.2, 0) is 4.84 Å². The van der Waals surface area contributed by atoms with Crippen LogP contribution in [0.25, 0.3) is 0 Å². The lowest BCUT2D eigenvalue weighted by Crippen LogP contribution is -1.98. The first-order valence-corrected chi connectivity index (χ1v) is 5.32. The van der Waals surface area contributed by atoms with E-state index < -0.39 is 0 Å². The standard InChI is InChI=1S/C13H14N4O/c1-2-4-6-8-10-12-14-15-16-17-18-13-11-9-7-5-3-1/h1-13H,(H,15,17)/b2-1?,5-3?,6-4+,9-7-,10-8+,13-11-,14-12-. The Bertz CT molecular complexity index is 398. The molecule has 0 radical (unpaired) electrons. The van der Waals surface area contributed by atoms with E-state index in [0.717, 1.165) is 0 Å². The molecule has 5 nitrogen and oxygen atoms in total. The van der Waals surface area contributed by atoms with E-state index in [2.05, 4.69) is 21.1 Å². The van der Waals surface area contributed by atoms with Crippen molar-refractivity contribution in [2.45, 2.75) is 0 Å². The molecule has 0 bridgehead atoms. The van der Waals surface area contributed by atoms with Crippen molar-refractivity contribution in [2.75, 3.05) is 0 Å². The van der Waals surface area contributed by atoms with Gasteiger partial charge in [-0.15, -0.1) is 10.7 Å². The normalized spacial score (nSPS) is 26.7. The molecule has 0 saturated heterocycles. The van der Waals surface area contributed by atoms with Crippen molar-refractivity contribution in [1.82, 2.24) is 5.59 Å². The summed E-state index contributed by atoms with van der Waals surface area (Å²) in [6.45, 7) is 0. The summed E-state index contributed by atoms with van der Waals surface area (Å²) in [6.07, 6.45) is 23.4. The van der Waals surface area contributed by atoms with E-state index >= 15 is 0 Å². The lowest BCUT2D eigenvalue weighted by molar-refractivity contribution is 0.130. The Labute approximate surface area is 106 Å². The zero-order valence-electron chi connectivity index (χ0n) is 9.76. The maximum atomic E-state index is 4.80. The summed E-state index contributed by atoms with van der Waals surface area (Å²) in [5.41, 5.74) is 2.25. The van der Waals surface area contributed by atoms with Gasteiger partial charge in [0, 0.05) is 0 Å². The van der Waals surface area contributed by atoms with Gasteiger partial charge in [0.1, 0.15) is 6.26 Å². The van der Waals surface area contributed by atoms with Gasteiger partial charge in [0.25, 0.3) is 0 Å². The van der Waals surface area contributed by atoms with Gasteiger partial charge in [-0.2, -0.15) is 0 Å². The van der Waals surface area contributed by atoms with E-state index in [1.54, 1.807) is 12.2 Å². The van der Waals surface area contributed by atoms with Crippen molar-refractivity contribution in [3.8, 4) is 0 Å². The topological polar surface area (TPSA) is 58.3 Å². The molecular weight excluding hydrogens is 228 g/mol. The maximum absolute atomic E-state index is 4.80. The van der Waals surface area contributed by atoms with E-state index in [1.807, 2.05) is 54.7 Å². The molecule has 0 amide bonds. The lowest BCUT2D eigenvalue weighted by Gasteiger charge is -1.91. The van der Waals surface area contributed by atoms with E-state index in [1.165, 1.54) is 12.5 Å². The van der Waals surface area contributed by atoms with E-state index in [4.69, 9.17) is 4.84 Å². The van der Waals surface area contributed by atoms with Gasteiger partial charge in [-0.05, 0) is 22.6 Å². The number of rotatable bonds is 0. The van der Waals surface area contributed by atoms with Gasteiger partial charge in [-0.1, -0.05) is 54.7 Å². The fraction of sp³-hybridized carbons (Fsp3) is 0. The smallest absolute Gasteiger partial charge is 0.121 e. The molecule has 0 saturated carbocycles. The van der Waals surface area contributed by atoms with Crippen molar-refractivity contribution < 1.29 is 4.84 Å². The summed E-state index contributed by atoms with van der Waals surface area (Å²) in [5, 5.41) is 10.5. The summed E-state index contributed by atoms with van der Waals surface area (Å²) in [5.74, 6) is 0. The third-order valence-corrected chi connectivity index (χ3v) is 1.60. The molecule has 0 atom stereocenters. The van der Waals surface area contributed by atoms with Gasteiger partial charge in [0.05, 0.1) is 6.21 Å².